The lowest BCUT2D eigenvalue weighted by atomic mass is 9.94. The zero-order valence-corrected chi connectivity index (χ0v) is 17.0. The van der Waals surface area contributed by atoms with Crippen molar-refractivity contribution in [2.24, 2.45) is 0 Å². The fourth-order valence-electron chi connectivity index (χ4n) is 3.75. The number of aryl methyl sites for hydroxylation is 3. The lowest BCUT2D eigenvalue weighted by Gasteiger charge is -2.24. The molecule has 2 aromatic rings. The van der Waals surface area contributed by atoms with Crippen LogP contribution >= 0.6 is 11.6 Å². The van der Waals surface area contributed by atoms with E-state index in [-0.39, 0.29) is 18.4 Å². The molecule has 2 amide bonds. The highest BCUT2D eigenvalue weighted by Gasteiger charge is 2.52. The third-order valence-electron chi connectivity index (χ3n) is 5.21. The molecule has 1 aliphatic rings. The zero-order chi connectivity index (χ0) is 19.8. The minimum atomic E-state index is -0.532. The third kappa shape index (κ3) is 4.01. The van der Waals surface area contributed by atoms with Crippen LogP contribution < -0.4 is 5.32 Å². The Morgan fingerprint density at radius 3 is 2.30 bits per heavy atom. The molecule has 0 saturated heterocycles. The van der Waals surface area contributed by atoms with Crippen LogP contribution in [0.15, 0.2) is 36.4 Å². The van der Waals surface area contributed by atoms with Gasteiger partial charge in [-0.3, -0.25) is 9.59 Å². The van der Waals surface area contributed by atoms with E-state index in [0.29, 0.717) is 5.02 Å². The van der Waals surface area contributed by atoms with Gasteiger partial charge in [0.15, 0.2) is 0 Å². The van der Waals surface area contributed by atoms with Crippen LogP contribution in [-0.4, -0.2) is 30.3 Å². The molecule has 0 atom stereocenters. The van der Waals surface area contributed by atoms with Gasteiger partial charge in [-0.25, -0.2) is 0 Å². The predicted octanol–water partition coefficient (Wildman–Crippen LogP) is 4.39. The number of benzene rings is 2. The van der Waals surface area contributed by atoms with E-state index < -0.39 is 5.41 Å². The summed E-state index contributed by atoms with van der Waals surface area (Å²) >= 11 is 6.09. The maximum absolute atomic E-state index is 13.0. The molecule has 1 N–H and O–H groups in total. The van der Waals surface area contributed by atoms with Crippen molar-refractivity contribution >= 4 is 29.1 Å². The Balaban J connectivity index is 1.69. The summed E-state index contributed by atoms with van der Waals surface area (Å²) < 4.78 is 0. The molecule has 1 aliphatic carbocycles. The van der Waals surface area contributed by atoms with Gasteiger partial charge in [0.25, 0.3) is 0 Å². The summed E-state index contributed by atoms with van der Waals surface area (Å²) in [4.78, 5) is 27.1. The molecular formula is C22H25ClN2O2. The van der Waals surface area contributed by atoms with Gasteiger partial charge < -0.3 is 10.2 Å². The molecule has 4 nitrogen and oxygen atoms in total. The molecule has 142 valence electrons. The summed E-state index contributed by atoms with van der Waals surface area (Å²) in [6, 6.07) is 11.5. The quantitative estimate of drug-likeness (QED) is 0.830. The Bertz CT molecular complexity index is 880. The van der Waals surface area contributed by atoms with Gasteiger partial charge in [0.1, 0.15) is 0 Å². The van der Waals surface area contributed by atoms with Crippen LogP contribution in [0.25, 0.3) is 0 Å². The Morgan fingerprint density at radius 2 is 1.74 bits per heavy atom. The zero-order valence-electron chi connectivity index (χ0n) is 16.2. The fourth-order valence-corrected chi connectivity index (χ4v) is 3.94. The Hall–Kier alpha value is -2.33. The number of anilines is 1. The van der Waals surface area contributed by atoms with Crippen molar-refractivity contribution in [2.45, 2.75) is 39.0 Å². The second-order valence-electron chi connectivity index (χ2n) is 7.58. The van der Waals surface area contributed by atoms with Crippen molar-refractivity contribution in [3.05, 3.63) is 63.7 Å². The van der Waals surface area contributed by atoms with E-state index in [1.54, 1.807) is 13.1 Å². The van der Waals surface area contributed by atoms with Crippen LogP contribution in [0.5, 0.6) is 0 Å². The molecule has 2 aromatic carbocycles. The summed E-state index contributed by atoms with van der Waals surface area (Å²) in [5, 5.41) is 3.58. The highest BCUT2D eigenvalue weighted by atomic mass is 35.5. The van der Waals surface area contributed by atoms with Gasteiger partial charge in [0.2, 0.25) is 11.8 Å². The second-order valence-corrected chi connectivity index (χ2v) is 8.01. The molecular weight excluding hydrogens is 360 g/mol. The minimum Gasteiger partial charge on any atom is -0.336 e. The molecule has 0 radical (unpaired) electrons. The van der Waals surface area contributed by atoms with Crippen LogP contribution in [0.2, 0.25) is 5.02 Å². The van der Waals surface area contributed by atoms with Crippen LogP contribution in [0.1, 0.15) is 35.1 Å². The molecule has 0 heterocycles. The first-order valence-electron chi connectivity index (χ1n) is 9.12. The second kappa shape index (κ2) is 7.35. The van der Waals surface area contributed by atoms with Gasteiger partial charge >= 0.3 is 0 Å². The average Bonchev–Trinajstić information content (AvgIpc) is 3.39. The minimum absolute atomic E-state index is 0.0217. The first-order valence-corrected chi connectivity index (χ1v) is 9.50. The topological polar surface area (TPSA) is 49.4 Å². The van der Waals surface area contributed by atoms with E-state index in [9.17, 15) is 9.59 Å². The van der Waals surface area contributed by atoms with Crippen molar-refractivity contribution in [1.82, 2.24) is 4.90 Å². The molecule has 27 heavy (non-hydrogen) atoms. The van der Waals surface area contributed by atoms with E-state index in [1.807, 2.05) is 51.1 Å². The van der Waals surface area contributed by atoms with Crippen molar-refractivity contribution in [2.75, 3.05) is 18.9 Å². The fraction of sp³-hybridized carbons (Fsp3) is 0.364. The lowest BCUT2D eigenvalue weighted by Crippen LogP contribution is -2.41. The monoisotopic (exact) mass is 384 g/mol. The summed E-state index contributed by atoms with van der Waals surface area (Å²) in [7, 11) is 1.68. The number of hydrogen-bond acceptors (Lipinski definition) is 2. The summed E-state index contributed by atoms with van der Waals surface area (Å²) in [5.41, 5.74) is 4.42. The highest BCUT2D eigenvalue weighted by molar-refractivity contribution is 6.30. The highest BCUT2D eigenvalue weighted by Crippen LogP contribution is 2.49. The normalized spacial score (nSPS) is 14.6. The number of rotatable bonds is 5. The average molecular weight is 385 g/mol. The van der Waals surface area contributed by atoms with Gasteiger partial charge in [0, 0.05) is 17.8 Å². The summed E-state index contributed by atoms with van der Waals surface area (Å²) in [5.74, 6) is -0.222. The maximum atomic E-state index is 13.0. The number of carbonyl (C=O) groups excluding carboxylic acids is 2. The number of halogens is 1. The summed E-state index contributed by atoms with van der Waals surface area (Å²) in [6.07, 6.45) is 1.57. The number of amides is 2. The number of nitrogens with zero attached hydrogens (tertiary/aromatic N) is 1. The van der Waals surface area contributed by atoms with Crippen LogP contribution in [0.4, 0.5) is 5.69 Å². The van der Waals surface area contributed by atoms with E-state index >= 15 is 0 Å². The smallest absolute Gasteiger partial charge is 0.243 e. The Morgan fingerprint density at radius 1 is 1.11 bits per heavy atom. The number of nitrogens with one attached hydrogen (secondary N) is 1. The molecule has 1 saturated carbocycles. The first kappa shape index (κ1) is 19.4. The van der Waals surface area contributed by atoms with Gasteiger partial charge in [-0.1, -0.05) is 41.4 Å². The van der Waals surface area contributed by atoms with E-state index in [1.165, 1.54) is 4.90 Å². The molecule has 5 heteroatoms. The summed E-state index contributed by atoms with van der Waals surface area (Å²) in [6.45, 7) is 6.00. The van der Waals surface area contributed by atoms with Gasteiger partial charge in [-0.15, -0.1) is 0 Å². The van der Waals surface area contributed by atoms with Crippen molar-refractivity contribution in [1.29, 1.82) is 0 Å². The molecule has 0 unspecified atom stereocenters. The Labute approximate surface area is 165 Å². The van der Waals surface area contributed by atoms with Gasteiger partial charge in [0.05, 0.1) is 12.0 Å². The van der Waals surface area contributed by atoms with Crippen molar-refractivity contribution < 1.29 is 9.59 Å². The van der Waals surface area contributed by atoms with Crippen molar-refractivity contribution in [3.63, 3.8) is 0 Å². The first-order chi connectivity index (χ1) is 12.7. The predicted molar refractivity (Wildman–Crippen MR) is 109 cm³/mol. The third-order valence-corrected chi connectivity index (χ3v) is 5.44. The molecule has 0 spiro atoms. The van der Waals surface area contributed by atoms with Gasteiger partial charge in [-0.2, -0.15) is 0 Å². The van der Waals surface area contributed by atoms with Crippen LogP contribution in [0, 0.1) is 20.8 Å². The molecule has 0 aromatic heterocycles. The van der Waals surface area contributed by atoms with Crippen LogP contribution in [0.3, 0.4) is 0 Å². The SMILES string of the molecule is Cc1cc(C)c(NC(=O)CN(C)C(=O)C2(c3cccc(Cl)c3)CC2)c(C)c1. The molecule has 3 rings (SSSR count). The standard InChI is InChI=1S/C22H25ClN2O2/c1-14-10-15(2)20(16(3)11-14)24-19(26)13-25(4)21(27)22(8-9-22)17-6-5-7-18(23)12-17/h5-7,10-12H,8-9,13H2,1-4H3,(H,24,26). The molecule has 1 fully saturated rings. The largest absolute Gasteiger partial charge is 0.336 e. The number of likely N-dealkylation sites (N-methyl/N-ethyl adjacent to an activating group) is 1. The number of hydrogen-bond donors (Lipinski definition) is 1. The number of carbonyl (C=O) groups is 2. The Kier molecular flexibility index (Phi) is 5.29. The van der Waals surface area contributed by atoms with Crippen molar-refractivity contribution in [3.8, 4) is 0 Å². The van der Waals surface area contributed by atoms with Gasteiger partial charge in [-0.05, 0) is 62.4 Å². The molecule has 0 bridgehead atoms. The maximum Gasteiger partial charge on any atom is 0.243 e. The van der Waals surface area contributed by atoms with E-state index in [4.69, 9.17) is 11.6 Å². The van der Waals surface area contributed by atoms with E-state index in [0.717, 1.165) is 40.8 Å². The van der Waals surface area contributed by atoms with E-state index in [2.05, 4.69) is 5.32 Å². The molecule has 0 aliphatic heterocycles. The van der Waals surface area contributed by atoms with Crippen LogP contribution in [-0.2, 0) is 15.0 Å². The lowest BCUT2D eigenvalue weighted by molar-refractivity contribution is -0.135.